The fourth-order valence-corrected chi connectivity index (χ4v) is 3.26. The summed E-state index contributed by atoms with van der Waals surface area (Å²) in [4.78, 5) is 0.00842. The Hall–Kier alpha value is -0.200. The highest BCUT2D eigenvalue weighted by Gasteiger charge is 2.41. The van der Waals surface area contributed by atoms with Crippen LogP contribution in [0.15, 0.2) is 0 Å². The van der Waals surface area contributed by atoms with Crippen molar-refractivity contribution in [3.05, 3.63) is 0 Å². The van der Waals surface area contributed by atoms with Crippen molar-refractivity contribution in [1.29, 1.82) is 0 Å². The molecule has 3 N–H and O–H groups in total. The molecule has 0 radical (unpaired) electrons. The van der Waals surface area contributed by atoms with E-state index in [1.807, 2.05) is 13.8 Å². The van der Waals surface area contributed by atoms with Crippen molar-refractivity contribution in [3.8, 4) is 0 Å². The largest absolute Gasteiger partial charge is 0.392 e. The van der Waals surface area contributed by atoms with Gasteiger partial charge in [-0.1, -0.05) is 12.2 Å². The van der Waals surface area contributed by atoms with Crippen LogP contribution in [0, 0.1) is 5.92 Å². The van der Waals surface area contributed by atoms with E-state index in [4.69, 9.17) is 18.0 Å². The molecular weight excluding hydrogens is 232 g/mol. The monoisotopic (exact) mass is 250 g/mol. The number of hydrogen-bond acceptors (Lipinski definition) is 3. The van der Waals surface area contributed by atoms with Crippen molar-refractivity contribution >= 4 is 27.2 Å². The average molecular weight is 250 g/mol. The van der Waals surface area contributed by atoms with Crippen molar-refractivity contribution < 1.29 is 8.42 Å². The molecule has 0 bridgehead atoms. The summed E-state index contributed by atoms with van der Waals surface area (Å²) >= 11 is 4.70. The summed E-state index contributed by atoms with van der Waals surface area (Å²) < 4.78 is 26.4. The summed E-state index contributed by atoms with van der Waals surface area (Å²) in [5.41, 5.74) is 4.95. The van der Waals surface area contributed by atoms with E-state index >= 15 is 0 Å². The summed E-state index contributed by atoms with van der Waals surface area (Å²) in [5, 5.41) is -0.814. The molecule has 0 saturated heterocycles. The first-order chi connectivity index (χ1) is 6.67. The van der Waals surface area contributed by atoms with Crippen LogP contribution in [-0.4, -0.2) is 24.2 Å². The second-order valence-corrected chi connectivity index (χ2v) is 7.16. The minimum atomic E-state index is -3.44. The Morgan fingerprint density at radius 1 is 1.53 bits per heavy atom. The van der Waals surface area contributed by atoms with Gasteiger partial charge in [0.25, 0.3) is 0 Å². The van der Waals surface area contributed by atoms with Gasteiger partial charge in [-0.2, -0.15) is 0 Å². The quantitative estimate of drug-likeness (QED) is 0.707. The van der Waals surface area contributed by atoms with Gasteiger partial charge in [0.1, 0.15) is 5.25 Å². The Kier molecular flexibility index (Phi) is 3.42. The molecule has 0 heterocycles. The van der Waals surface area contributed by atoms with Crippen LogP contribution in [0.3, 0.4) is 0 Å². The molecule has 1 atom stereocenters. The van der Waals surface area contributed by atoms with Gasteiger partial charge in [-0.15, -0.1) is 0 Å². The summed E-state index contributed by atoms with van der Waals surface area (Å²) in [7, 11) is -3.44. The molecule has 1 fully saturated rings. The van der Waals surface area contributed by atoms with E-state index in [1.54, 1.807) is 0 Å². The average Bonchev–Trinajstić information content (AvgIpc) is 2.82. The van der Waals surface area contributed by atoms with E-state index in [9.17, 15) is 8.42 Å². The first kappa shape index (κ1) is 12.9. The maximum Gasteiger partial charge on any atom is 0.221 e. The molecule has 1 rings (SSSR count). The minimum absolute atomic E-state index is 0.00842. The topological polar surface area (TPSA) is 72.2 Å². The molecule has 15 heavy (non-hydrogen) atoms. The van der Waals surface area contributed by atoms with Crippen LogP contribution in [0.2, 0.25) is 0 Å². The van der Waals surface area contributed by atoms with Crippen molar-refractivity contribution in [3.63, 3.8) is 0 Å². The van der Waals surface area contributed by atoms with Gasteiger partial charge in [0.15, 0.2) is 0 Å². The van der Waals surface area contributed by atoms with E-state index < -0.39 is 20.8 Å². The maximum atomic E-state index is 11.8. The predicted molar refractivity (Wildman–Crippen MR) is 65.1 cm³/mol. The van der Waals surface area contributed by atoms with E-state index in [0.29, 0.717) is 5.92 Å². The number of sulfonamides is 1. The van der Waals surface area contributed by atoms with Crippen LogP contribution < -0.4 is 10.5 Å². The molecule has 88 valence electrons. The Morgan fingerprint density at radius 3 is 2.33 bits per heavy atom. The van der Waals surface area contributed by atoms with Crippen LogP contribution in [0.25, 0.3) is 0 Å². The zero-order chi connectivity index (χ0) is 11.9. The van der Waals surface area contributed by atoms with Crippen molar-refractivity contribution in [2.75, 3.05) is 0 Å². The minimum Gasteiger partial charge on any atom is -0.392 e. The molecule has 1 saturated carbocycles. The van der Waals surface area contributed by atoms with Gasteiger partial charge in [-0.05, 0) is 39.5 Å². The third-order valence-electron chi connectivity index (χ3n) is 2.87. The maximum absolute atomic E-state index is 11.8. The lowest BCUT2D eigenvalue weighted by Crippen LogP contribution is -2.50. The Balaban J connectivity index is 2.75. The summed E-state index contributed by atoms with van der Waals surface area (Å²) in [6.07, 6.45) is 2.16. The summed E-state index contributed by atoms with van der Waals surface area (Å²) in [6, 6.07) is 0. The molecule has 4 nitrogen and oxygen atoms in total. The third kappa shape index (κ3) is 3.12. The molecule has 1 aliphatic rings. The van der Waals surface area contributed by atoms with Gasteiger partial charge >= 0.3 is 0 Å². The second-order valence-electron chi connectivity index (χ2n) is 4.69. The van der Waals surface area contributed by atoms with Gasteiger partial charge in [0.05, 0.1) is 4.99 Å². The van der Waals surface area contributed by atoms with Crippen molar-refractivity contribution in [1.82, 2.24) is 4.72 Å². The molecule has 0 aliphatic heterocycles. The van der Waals surface area contributed by atoms with Crippen molar-refractivity contribution in [2.45, 2.75) is 44.4 Å². The fourth-order valence-electron chi connectivity index (χ4n) is 1.50. The molecule has 6 heteroatoms. The van der Waals surface area contributed by atoms with Gasteiger partial charge < -0.3 is 5.73 Å². The molecule has 0 aromatic rings. The van der Waals surface area contributed by atoms with Crippen LogP contribution in [-0.2, 0) is 10.0 Å². The first-order valence-electron chi connectivity index (χ1n) is 4.99. The number of thiocarbonyl (C=S) groups is 1. The zero-order valence-corrected chi connectivity index (χ0v) is 10.9. The lowest BCUT2D eigenvalue weighted by Gasteiger charge is -2.27. The fraction of sp³-hybridized carbons (Fsp3) is 0.889. The predicted octanol–water partition coefficient (Wildman–Crippen LogP) is 0.769. The highest BCUT2D eigenvalue weighted by Crippen LogP contribution is 2.39. The molecule has 0 aromatic carbocycles. The van der Waals surface area contributed by atoms with Gasteiger partial charge in [0, 0.05) is 5.54 Å². The molecule has 1 aliphatic carbocycles. The number of hydrogen-bond donors (Lipinski definition) is 2. The smallest absolute Gasteiger partial charge is 0.221 e. The van der Waals surface area contributed by atoms with Crippen LogP contribution >= 0.6 is 12.2 Å². The number of rotatable bonds is 5. The second kappa shape index (κ2) is 3.99. The Bertz CT molecular complexity index is 358. The molecule has 1 unspecified atom stereocenters. The molecule has 0 spiro atoms. The van der Waals surface area contributed by atoms with Crippen LogP contribution in [0.4, 0.5) is 0 Å². The van der Waals surface area contributed by atoms with E-state index in [2.05, 4.69) is 4.72 Å². The summed E-state index contributed by atoms with van der Waals surface area (Å²) in [6.45, 7) is 5.30. The van der Waals surface area contributed by atoms with Crippen molar-refractivity contribution in [2.24, 2.45) is 11.7 Å². The molecular formula is C9H18N2O2S2. The van der Waals surface area contributed by atoms with Crippen LogP contribution in [0.1, 0.15) is 33.6 Å². The van der Waals surface area contributed by atoms with E-state index in [1.165, 1.54) is 6.92 Å². The summed E-state index contributed by atoms with van der Waals surface area (Å²) in [5.74, 6) is 0.436. The highest BCUT2D eigenvalue weighted by molar-refractivity contribution is 7.93. The number of nitrogens with two attached hydrogens (primary N) is 1. The van der Waals surface area contributed by atoms with E-state index in [-0.39, 0.29) is 4.99 Å². The third-order valence-corrected chi connectivity index (χ3v) is 5.37. The highest BCUT2D eigenvalue weighted by atomic mass is 32.2. The normalized spacial score (nSPS) is 19.9. The van der Waals surface area contributed by atoms with Crippen LogP contribution in [0.5, 0.6) is 0 Å². The Labute approximate surface area is 96.7 Å². The zero-order valence-electron chi connectivity index (χ0n) is 9.28. The lowest BCUT2D eigenvalue weighted by atomic mass is 10.0. The standard InChI is InChI=1S/C9H18N2O2S2/c1-6(8(10)14)15(12,13)11-9(2,3)7-4-5-7/h6-7,11H,4-5H2,1-3H3,(H2,10,14). The van der Waals surface area contributed by atoms with Gasteiger partial charge in [-0.25, -0.2) is 13.1 Å². The molecule has 0 amide bonds. The Morgan fingerprint density at radius 2 is 2.00 bits per heavy atom. The first-order valence-corrected chi connectivity index (χ1v) is 6.94. The van der Waals surface area contributed by atoms with Gasteiger partial charge in [-0.3, -0.25) is 0 Å². The lowest BCUT2D eigenvalue weighted by molar-refractivity contribution is 0.400. The number of nitrogens with one attached hydrogen (secondary N) is 1. The SMILES string of the molecule is CC(C(N)=S)S(=O)(=O)NC(C)(C)C1CC1. The molecule has 0 aromatic heterocycles. The van der Waals surface area contributed by atoms with Gasteiger partial charge in [0.2, 0.25) is 10.0 Å². The van der Waals surface area contributed by atoms with E-state index in [0.717, 1.165) is 12.8 Å².